The number of carbonyl (C=O) groups excluding carboxylic acids is 2. The molecule has 0 saturated carbocycles. The minimum atomic E-state index is -0.375. The van der Waals surface area contributed by atoms with Gasteiger partial charge in [-0.3, -0.25) is 9.59 Å². The second-order valence-corrected chi connectivity index (χ2v) is 6.93. The molecule has 1 aromatic heterocycles. The number of nitrogens with zero attached hydrogens (tertiary/aromatic N) is 1. The third kappa shape index (κ3) is 4.69. The molecule has 0 aliphatic heterocycles. The standard InChI is InChI=1S/C21H17BrN4O2/c1-13(23)14-6-8-15(9-7-14)20(27)25-18-5-3-2-4-17(18)21(28)26-19-11-10-16(22)12-24-19/h2-12,23H,1H3,(H,25,27)(H,24,26,28). The van der Waals surface area contributed by atoms with Gasteiger partial charge < -0.3 is 16.0 Å². The normalized spacial score (nSPS) is 10.2. The molecule has 6 nitrogen and oxygen atoms in total. The van der Waals surface area contributed by atoms with Gasteiger partial charge in [-0.15, -0.1) is 0 Å². The van der Waals surface area contributed by atoms with Gasteiger partial charge in [-0.2, -0.15) is 0 Å². The lowest BCUT2D eigenvalue weighted by Crippen LogP contribution is -2.18. The van der Waals surface area contributed by atoms with E-state index in [9.17, 15) is 9.59 Å². The molecule has 140 valence electrons. The number of benzene rings is 2. The van der Waals surface area contributed by atoms with Crippen molar-refractivity contribution in [3.63, 3.8) is 0 Å². The molecule has 7 heteroatoms. The zero-order valence-electron chi connectivity index (χ0n) is 15.0. The fraction of sp³-hybridized carbons (Fsp3) is 0.0476. The smallest absolute Gasteiger partial charge is 0.258 e. The van der Waals surface area contributed by atoms with Crippen LogP contribution in [0.1, 0.15) is 33.2 Å². The highest BCUT2D eigenvalue weighted by Gasteiger charge is 2.15. The zero-order valence-corrected chi connectivity index (χ0v) is 16.6. The molecule has 0 radical (unpaired) electrons. The van der Waals surface area contributed by atoms with E-state index < -0.39 is 0 Å². The molecule has 1 heterocycles. The van der Waals surface area contributed by atoms with Crippen LogP contribution < -0.4 is 10.6 Å². The molecule has 0 bridgehead atoms. The van der Waals surface area contributed by atoms with Crippen LogP contribution in [0.15, 0.2) is 71.3 Å². The average molecular weight is 437 g/mol. The van der Waals surface area contributed by atoms with Crippen molar-refractivity contribution in [3.8, 4) is 0 Å². The maximum absolute atomic E-state index is 12.6. The summed E-state index contributed by atoms with van der Waals surface area (Å²) in [4.78, 5) is 29.3. The first-order chi connectivity index (χ1) is 13.4. The topological polar surface area (TPSA) is 94.9 Å². The van der Waals surface area contributed by atoms with Crippen LogP contribution in [0.25, 0.3) is 0 Å². The monoisotopic (exact) mass is 436 g/mol. The molecular formula is C21H17BrN4O2. The second-order valence-electron chi connectivity index (χ2n) is 6.02. The molecule has 2 amide bonds. The van der Waals surface area contributed by atoms with Crippen molar-refractivity contribution in [2.75, 3.05) is 10.6 Å². The van der Waals surface area contributed by atoms with E-state index >= 15 is 0 Å². The van der Waals surface area contributed by atoms with Crippen LogP contribution in [-0.2, 0) is 0 Å². The van der Waals surface area contributed by atoms with Crippen LogP contribution in [0.2, 0.25) is 0 Å². The van der Waals surface area contributed by atoms with Gasteiger partial charge in [-0.1, -0.05) is 24.3 Å². The molecule has 0 unspecified atom stereocenters. The van der Waals surface area contributed by atoms with E-state index in [0.717, 1.165) is 10.0 Å². The number of carbonyl (C=O) groups is 2. The average Bonchev–Trinajstić information content (AvgIpc) is 2.70. The fourth-order valence-electron chi connectivity index (χ4n) is 2.49. The van der Waals surface area contributed by atoms with Gasteiger partial charge in [0.2, 0.25) is 0 Å². The van der Waals surface area contributed by atoms with Crippen LogP contribution >= 0.6 is 15.9 Å². The Bertz CT molecular complexity index is 1030. The van der Waals surface area contributed by atoms with Gasteiger partial charge in [0.1, 0.15) is 5.82 Å². The lowest BCUT2D eigenvalue weighted by molar-refractivity contribution is 0.102. The summed E-state index contributed by atoms with van der Waals surface area (Å²) < 4.78 is 0.808. The molecule has 0 aliphatic carbocycles. The Morgan fingerprint density at radius 1 is 0.893 bits per heavy atom. The second kappa shape index (κ2) is 8.58. The molecule has 0 spiro atoms. The lowest BCUT2D eigenvalue weighted by Gasteiger charge is -2.11. The Balaban J connectivity index is 1.77. The van der Waals surface area contributed by atoms with Crippen LogP contribution in [0.3, 0.4) is 0 Å². The number of pyridine rings is 1. The summed E-state index contributed by atoms with van der Waals surface area (Å²) >= 11 is 3.30. The summed E-state index contributed by atoms with van der Waals surface area (Å²) in [6.45, 7) is 1.68. The first kappa shape index (κ1) is 19.4. The van der Waals surface area contributed by atoms with E-state index in [1.165, 1.54) is 0 Å². The summed E-state index contributed by atoms with van der Waals surface area (Å²) in [7, 11) is 0. The molecule has 28 heavy (non-hydrogen) atoms. The number of anilines is 2. The Labute approximate surface area is 170 Å². The summed E-state index contributed by atoms with van der Waals surface area (Å²) in [5, 5.41) is 13.1. The number of nitrogens with one attached hydrogen (secondary N) is 3. The minimum absolute atomic E-state index is 0.326. The first-order valence-electron chi connectivity index (χ1n) is 8.43. The number of hydrogen-bond donors (Lipinski definition) is 3. The molecule has 0 saturated heterocycles. The van der Waals surface area contributed by atoms with Crippen molar-refractivity contribution in [1.82, 2.24) is 4.98 Å². The Kier molecular flexibility index (Phi) is 5.96. The molecule has 0 fully saturated rings. The SMILES string of the molecule is CC(=N)c1ccc(C(=O)Nc2ccccc2C(=O)Nc2ccc(Br)cn2)cc1. The van der Waals surface area contributed by atoms with Gasteiger partial charge in [0, 0.05) is 21.9 Å². The molecular weight excluding hydrogens is 420 g/mol. The number of hydrogen-bond acceptors (Lipinski definition) is 4. The highest BCUT2D eigenvalue weighted by atomic mass is 79.9. The molecule has 2 aromatic carbocycles. The summed E-state index contributed by atoms with van der Waals surface area (Å²) in [6, 6.07) is 16.9. The Morgan fingerprint density at radius 2 is 1.57 bits per heavy atom. The molecule has 3 aromatic rings. The van der Waals surface area contributed by atoms with E-state index in [-0.39, 0.29) is 11.8 Å². The molecule has 3 rings (SSSR count). The molecule has 0 aliphatic rings. The highest BCUT2D eigenvalue weighted by Crippen LogP contribution is 2.19. The first-order valence-corrected chi connectivity index (χ1v) is 9.22. The van der Waals surface area contributed by atoms with Crippen LogP contribution in [-0.4, -0.2) is 22.5 Å². The van der Waals surface area contributed by atoms with E-state index in [1.807, 2.05) is 0 Å². The third-order valence-corrected chi connectivity index (χ3v) is 4.44. The summed E-state index contributed by atoms with van der Waals surface area (Å²) in [5.74, 6) is -0.302. The van der Waals surface area contributed by atoms with Gasteiger partial charge in [-0.25, -0.2) is 4.98 Å². The summed E-state index contributed by atoms with van der Waals surface area (Å²) in [6.07, 6.45) is 1.59. The van der Waals surface area contributed by atoms with Crippen molar-refractivity contribution < 1.29 is 9.59 Å². The Hall–Kier alpha value is -3.32. The van der Waals surface area contributed by atoms with E-state index in [0.29, 0.717) is 28.3 Å². The number of rotatable bonds is 5. The minimum Gasteiger partial charge on any atom is -0.321 e. The van der Waals surface area contributed by atoms with E-state index in [4.69, 9.17) is 5.41 Å². The zero-order chi connectivity index (χ0) is 20.1. The van der Waals surface area contributed by atoms with E-state index in [2.05, 4.69) is 31.5 Å². The van der Waals surface area contributed by atoms with Crippen LogP contribution in [0, 0.1) is 5.41 Å². The third-order valence-electron chi connectivity index (χ3n) is 3.97. The number of aromatic nitrogens is 1. The van der Waals surface area contributed by atoms with Crippen molar-refractivity contribution >= 4 is 45.0 Å². The van der Waals surface area contributed by atoms with Crippen LogP contribution in [0.5, 0.6) is 0 Å². The van der Waals surface area contributed by atoms with Gasteiger partial charge in [0.25, 0.3) is 11.8 Å². The van der Waals surface area contributed by atoms with Gasteiger partial charge >= 0.3 is 0 Å². The largest absolute Gasteiger partial charge is 0.321 e. The van der Waals surface area contributed by atoms with Crippen molar-refractivity contribution in [1.29, 1.82) is 5.41 Å². The lowest BCUT2D eigenvalue weighted by atomic mass is 10.1. The van der Waals surface area contributed by atoms with Crippen molar-refractivity contribution in [2.45, 2.75) is 6.92 Å². The fourth-order valence-corrected chi connectivity index (χ4v) is 2.72. The van der Waals surface area contributed by atoms with Crippen LogP contribution in [0.4, 0.5) is 11.5 Å². The number of amides is 2. The highest BCUT2D eigenvalue weighted by molar-refractivity contribution is 9.10. The van der Waals surface area contributed by atoms with Gasteiger partial charge in [0.15, 0.2) is 0 Å². The maximum Gasteiger partial charge on any atom is 0.258 e. The van der Waals surface area contributed by atoms with Crippen molar-refractivity contribution in [2.24, 2.45) is 0 Å². The Morgan fingerprint density at radius 3 is 2.21 bits per heavy atom. The predicted octanol–water partition coefficient (Wildman–Crippen LogP) is 4.74. The maximum atomic E-state index is 12.6. The van der Waals surface area contributed by atoms with E-state index in [1.54, 1.807) is 73.8 Å². The number of para-hydroxylation sites is 1. The molecule has 0 atom stereocenters. The summed E-state index contributed by atoms with van der Waals surface area (Å²) in [5.41, 5.74) is 2.34. The molecule has 3 N–H and O–H groups in total. The van der Waals surface area contributed by atoms with Gasteiger partial charge in [-0.05, 0) is 64.8 Å². The van der Waals surface area contributed by atoms with Crippen molar-refractivity contribution in [3.05, 3.63) is 88.0 Å². The van der Waals surface area contributed by atoms with Gasteiger partial charge in [0.05, 0.1) is 11.3 Å². The predicted molar refractivity (Wildman–Crippen MR) is 113 cm³/mol. The number of halogens is 1. The quantitative estimate of drug-likeness (QED) is 0.504.